The van der Waals surface area contributed by atoms with E-state index in [2.05, 4.69) is 84.9 Å². The van der Waals surface area contributed by atoms with E-state index in [9.17, 15) is 0 Å². The summed E-state index contributed by atoms with van der Waals surface area (Å²) in [4.78, 5) is 20.1. The van der Waals surface area contributed by atoms with Crippen LogP contribution in [0.4, 0.5) is 0 Å². The smallest absolute Gasteiger partial charge is 0.164 e. The topological polar surface area (TPSA) is 64.7 Å². The minimum Gasteiger partial charge on any atom is -0.456 e. The maximum Gasteiger partial charge on any atom is 0.164 e. The van der Waals surface area contributed by atoms with Crippen LogP contribution >= 0.6 is 11.3 Å². The predicted molar refractivity (Wildman–Crippen MR) is 205 cm³/mol. The molecule has 0 saturated heterocycles. The average Bonchev–Trinajstić information content (AvgIpc) is 3.79. The number of fused-ring (bicyclic) bond motifs is 5. The normalized spacial score (nSPS) is 11.6. The number of benzene rings is 7. The molecule has 10 rings (SSSR count). The Morgan fingerprint density at radius 2 is 1.04 bits per heavy atom. The Morgan fingerprint density at radius 3 is 1.80 bits per heavy atom. The highest BCUT2D eigenvalue weighted by molar-refractivity contribution is 7.22. The van der Waals surface area contributed by atoms with E-state index in [1.807, 2.05) is 72.8 Å². The van der Waals surface area contributed by atoms with Crippen LogP contribution < -0.4 is 0 Å². The van der Waals surface area contributed by atoms with Crippen LogP contribution in [0.5, 0.6) is 0 Å². The molecule has 10 aromatic rings. The van der Waals surface area contributed by atoms with Crippen LogP contribution in [0.25, 0.3) is 98.8 Å². The molecule has 0 unspecified atom stereocenters. The molecule has 234 valence electrons. The van der Waals surface area contributed by atoms with Crippen LogP contribution in [0.1, 0.15) is 0 Å². The summed E-state index contributed by atoms with van der Waals surface area (Å²) in [6.07, 6.45) is 0. The predicted octanol–water partition coefficient (Wildman–Crippen LogP) is 11.9. The highest BCUT2D eigenvalue weighted by Crippen LogP contribution is 2.46. The third-order valence-electron chi connectivity index (χ3n) is 9.13. The molecule has 0 fully saturated rings. The molecule has 3 aromatic heterocycles. The van der Waals surface area contributed by atoms with Gasteiger partial charge in [0, 0.05) is 44.7 Å². The summed E-state index contributed by atoms with van der Waals surface area (Å²) in [6.45, 7) is 0. The molecule has 0 spiro atoms. The standard InChI is InChI=1S/C44H26N4OS/c1-3-13-28(14-4-1)41-46-42(29-15-5-2-6-16-29)48-43(47-41)32-19-11-18-31(25-32)38-39-34-20-9-10-21-36(34)49-37(39)26-35-40(38)50-44(45-35)33-23-22-27-12-7-8-17-30(27)24-33/h1-26H. The number of aromatic nitrogens is 4. The van der Waals surface area contributed by atoms with Gasteiger partial charge in [-0.2, -0.15) is 0 Å². The van der Waals surface area contributed by atoms with Crippen molar-refractivity contribution in [2.45, 2.75) is 0 Å². The van der Waals surface area contributed by atoms with Crippen molar-refractivity contribution in [3.05, 3.63) is 158 Å². The molecule has 0 bridgehead atoms. The van der Waals surface area contributed by atoms with Crippen molar-refractivity contribution in [3.8, 4) is 55.9 Å². The Kier molecular flexibility index (Phi) is 6.60. The van der Waals surface area contributed by atoms with Gasteiger partial charge in [-0.1, -0.05) is 133 Å². The lowest BCUT2D eigenvalue weighted by atomic mass is 9.97. The number of rotatable bonds is 5. The van der Waals surface area contributed by atoms with Gasteiger partial charge in [0.1, 0.15) is 16.2 Å². The molecule has 3 heterocycles. The number of hydrogen-bond donors (Lipinski definition) is 0. The monoisotopic (exact) mass is 658 g/mol. The maximum absolute atomic E-state index is 6.47. The van der Waals surface area contributed by atoms with Gasteiger partial charge < -0.3 is 4.42 Å². The van der Waals surface area contributed by atoms with Crippen molar-refractivity contribution in [2.75, 3.05) is 0 Å². The van der Waals surface area contributed by atoms with Crippen molar-refractivity contribution in [1.29, 1.82) is 0 Å². The van der Waals surface area contributed by atoms with E-state index in [1.165, 1.54) is 10.8 Å². The van der Waals surface area contributed by atoms with Gasteiger partial charge in [-0.25, -0.2) is 19.9 Å². The molecular weight excluding hydrogens is 633 g/mol. The van der Waals surface area contributed by atoms with Gasteiger partial charge in [0.05, 0.1) is 10.2 Å². The lowest BCUT2D eigenvalue weighted by Crippen LogP contribution is -2.00. The van der Waals surface area contributed by atoms with E-state index in [1.54, 1.807) is 11.3 Å². The van der Waals surface area contributed by atoms with Gasteiger partial charge in [0.15, 0.2) is 17.5 Å². The molecule has 0 N–H and O–H groups in total. The lowest BCUT2D eigenvalue weighted by molar-refractivity contribution is 0.669. The van der Waals surface area contributed by atoms with Gasteiger partial charge in [-0.05, 0) is 34.5 Å². The first-order valence-electron chi connectivity index (χ1n) is 16.5. The van der Waals surface area contributed by atoms with E-state index in [0.29, 0.717) is 17.5 Å². The fourth-order valence-electron chi connectivity index (χ4n) is 6.74. The maximum atomic E-state index is 6.47. The quantitative estimate of drug-likeness (QED) is 0.184. The Balaban J connectivity index is 1.20. The van der Waals surface area contributed by atoms with Gasteiger partial charge in [0.25, 0.3) is 0 Å². The van der Waals surface area contributed by atoms with Crippen LogP contribution in [-0.4, -0.2) is 19.9 Å². The van der Waals surface area contributed by atoms with Gasteiger partial charge in [0.2, 0.25) is 0 Å². The van der Waals surface area contributed by atoms with Crippen LogP contribution in [0.15, 0.2) is 162 Å². The van der Waals surface area contributed by atoms with Crippen LogP contribution in [0.2, 0.25) is 0 Å². The summed E-state index contributed by atoms with van der Waals surface area (Å²) in [7, 11) is 0. The minimum absolute atomic E-state index is 0.612. The van der Waals surface area contributed by atoms with E-state index in [-0.39, 0.29) is 0 Å². The Bertz CT molecular complexity index is 2820. The number of thiazole rings is 1. The molecule has 50 heavy (non-hydrogen) atoms. The Labute approximate surface area is 291 Å². The first-order valence-corrected chi connectivity index (χ1v) is 17.3. The number of hydrogen-bond acceptors (Lipinski definition) is 6. The highest BCUT2D eigenvalue weighted by Gasteiger charge is 2.21. The SMILES string of the molecule is c1ccc(-c2nc(-c3ccccc3)nc(-c3cccc(-c4c5sc(-c6ccc7ccccc7c6)nc5cc5oc6ccccc6c45)c3)n2)cc1. The number of nitrogens with zero attached hydrogens (tertiary/aromatic N) is 4. The highest BCUT2D eigenvalue weighted by atomic mass is 32.1. The third kappa shape index (κ3) is 4.85. The molecule has 0 radical (unpaired) electrons. The molecule has 0 atom stereocenters. The van der Waals surface area contributed by atoms with Crippen molar-refractivity contribution < 1.29 is 4.42 Å². The van der Waals surface area contributed by atoms with Crippen molar-refractivity contribution in [2.24, 2.45) is 0 Å². The fraction of sp³-hybridized carbons (Fsp3) is 0. The fourth-order valence-corrected chi connectivity index (χ4v) is 7.86. The second kappa shape index (κ2) is 11.6. The number of furan rings is 1. The molecule has 7 aromatic carbocycles. The summed E-state index contributed by atoms with van der Waals surface area (Å²) in [5, 5.41) is 5.52. The van der Waals surface area contributed by atoms with Gasteiger partial charge in [-0.15, -0.1) is 11.3 Å². The largest absolute Gasteiger partial charge is 0.456 e. The van der Waals surface area contributed by atoms with E-state index < -0.39 is 0 Å². The zero-order valence-corrected chi connectivity index (χ0v) is 27.4. The van der Waals surface area contributed by atoms with E-state index in [0.717, 1.165) is 70.5 Å². The summed E-state index contributed by atoms with van der Waals surface area (Å²) >= 11 is 1.71. The molecule has 0 aliphatic rings. The molecular formula is C44H26N4OS. The molecule has 0 aliphatic heterocycles. The molecule has 0 saturated carbocycles. The number of para-hydroxylation sites is 1. The summed E-state index contributed by atoms with van der Waals surface area (Å²) in [6, 6.07) is 53.9. The summed E-state index contributed by atoms with van der Waals surface area (Å²) in [5.41, 5.74) is 8.57. The molecule has 0 amide bonds. The van der Waals surface area contributed by atoms with Gasteiger partial charge in [-0.3, -0.25) is 0 Å². The Morgan fingerprint density at radius 1 is 0.420 bits per heavy atom. The first-order chi connectivity index (χ1) is 24.7. The van der Waals surface area contributed by atoms with Crippen molar-refractivity contribution >= 4 is 54.3 Å². The average molecular weight is 659 g/mol. The lowest BCUT2D eigenvalue weighted by Gasteiger charge is -2.10. The van der Waals surface area contributed by atoms with Crippen molar-refractivity contribution in [1.82, 2.24) is 19.9 Å². The van der Waals surface area contributed by atoms with Gasteiger partial charge >= 0.3 is 0 Å². The molecule has 6 heteroatoms. The van der Waals surface area contributed by atoms with E-state index in [4.69, 9.17) is 24.4 Å². The van der Waals surface area contributed by atoms with Crippen LogP contribution in [-0.2, 0) is 0 Å². The first kappa shape index (κ1) is 28.5. The second-order valence-electron chi connectivity index (χ2n) is 12.3. The van der Waals surface area contributed by atoms with E-state index >= 15 is 0 Å². The van der Waals surface area contributed by atoms with Crippen LogP contribution in [0, 0.1) is 0 Å². The van der Waals surface area contributed by atoms with Crippen LogP contribution in [0.3, 0.4) is 0 Å². The summed E-state index contributed by atoms with van der Waals surface area (Å²) < 4.78 is 7.58. The third-order valence-corrected chi connectivity index (χ3v) is 10.3. The zero-order chi connectivity index (χ0) is 33.0. The van der Waals surface area contributed by atoms with Crippen molar-refractivity contribution in [3.63, 3.8) is 0 Å². The Hall–Kier alpha value is -6.50. The zero-order valence-electron chi connectivity index (χ0n) is 26.6. The minimum atomic E-state index is 0.612. The second-order valence-corrected chi connectivity index (χ2v) is 13.3. The molecule has 0 aliphatic carbocycles. The molecule has 5 nitrogen and oxygen atoms in total. The summed E-state index contributed by atoms with van der Waals surface area (Å²) in [5.74, 6) is 1.88.